The molecular formula is C61H107NO18. The predicted molar refractivity (Wildman–Crippen MR) is 305 cm³/mol. The maximum atomic E-state index is 13.2. The summed E-state index contributed by atoms with van der Waals surface area (Å²) >= 11 is 0. The molecule has 1 amide bonds. The van der Waals surface area contributed by atoms with Crippen molar-refractivity contribution in [2.75, 3.05) is 26.4 Å². The minimum Gasteiger partial charge on any atom is -0.394 e. The van der Waals surface area contributed by atoms with Gasteiger partial charge in [0.2, 0.25) is 5.91 Å². The fourth-order valence-electron chi connectivity index (χ4n) is 10.0. The molecule has 0 saturated carbocycles. The highest BCUT2D eigenvalue weighted by atomic mass is 16.8. The van der Waals surface area contributed by atoms with Crippen molar-refractivity contribution >= 4 is 5.91 Å². The quantitative estimate of drug-likeness (QED) is 0.0259. The number of rotatable bonds is 44. The van der Waals surface area contributed by atoms with Gasteiger partial charge in [0.15, 0.2) is 18.9 Å². The first-order valence-electron chi connectivity index (χ1n) is 30.5. The molecule has 17 unspecified atom stereocenters. The number of aliphatic hydroxyl groups is 11. The molecule has 3 aliphatic heterocycles. The van der Waals surface area contributed by atoms with Crippen LogP contribution < -0.4 is 5.32 Å². The van der Waals surface area contributed by atoms with E-state index in [0.717, 1.165) is 57.8 Å². The number of carbonyl (C=O) groups excluding carboxylic acids is 1. The highest BCUT2D eigenvalue weighted by Crippen LogP contribution is 2.33. The normalized spacial score (nSPS) is 30.4. The van der Waals surface area contributed by atoms with Crippen molar-refractivity contribution < 1.29 is 89.4 Å². The molecule has 0 aromatic carbocycles. The molecule has 0 spiro atoms. The second kappa shape index (κ2) is 44.0. The Kier molecular flexibility index (Phi) is 39.5. The molecule has 0 bridgehead atoms. The zero-order valence-electron chi connectivity index (χ0n) is 48.3. The predicted octanol–water partition coefficient (Wildman–Crippen LogP) is 5.65. The lowest BCUT2D eigenvalue weighted by molar-refractivity contribution is -0.379. The Morgan fingerprint density at radius 3 is 1.34 bits per heavy atom. The number of aliphatic hydroxyl groups excluding tert-OH is 11. The number of carbonyl (C=O) groups is 1. The van der Waals surface area contributed by atoms with E-state index in [9.17, 15) is 61.0 Å². The van der Waals surface area contributed by atoms with Crippen molar-refractivity contribution in [1.29, 1.82) is 0 Å². The fraction of sp³-hybridized carbons (Fsp3) is 0.820. The average molecular weight is 1140 g/mol. The third-order valence-electron chi connectivity index (χ3n) is 15.1. The smallest absolute Gasteiger partial charge is 0.220 e. The van der Waals surface area contributed by atoms with E-state index in [1.807, 2.05) is 13.0 Å². The van der Waals surface area contributed by atoms with E-state index in [0.29, 0.717) is 12.8 Å². The van der Waals surface area contributed by atoms with E-state index in [1.54, 1.807) is 6.08 Å². The summed E-state index contributed by atoms with van der Waals surface area (Å²) in [5.41, 5.74) is 0. The van der Waals surface area contributed by atoms with Crippen molar-refractivity contribution in [2.24, 2.45) is 0 Å². The summed E-state index contributed by atoms with van der Waals surface area (Å²) in [7, 11) is 0. The largest absolute Gasteiger partial charge is 0.394 e. The molecule has 3 saturated heterocycles. The SMILES string of the molecule is CC/C=C\C/C=C\C/C=C\C/C=C\CCCCCCCCCCCCCCCCCCCCC(=O)NC(COC1OC(CO)C(OC2OC(CO)C(OC3OC(CO)C(O)C(O)C3O)C(O)C2O)C(O)C1O)C(O)/C=C/CCCC. The Hall–Kier alpha value is -2.51. The molecule has 3 rings (SSSR count). The first-order chi connectivity index (χ1) is 38.8. The van der Waals surface area contributed by atoms with Crippen LogP contribution in [-0.2, 0) is 33.2 Å². The van der Waals surface area contributed by atoms with Gasteiger partial charge in [0.1, 0.15) is 73.2 Å². The van der Waals surface area contributed by atoms with Crippen LogP contribution in [0.5, 0.6) is 0 Å². The molecule has 0 aromatic rings. The number of amides is 1. The van der Waals surface area contributed by atoms with Gasteiger partial charge >= 0.3 is 0 Å². The summed E-state index contributed by atoms with van der Waals surface area (Å²) in [6, 6.07) is -0.969. The summed E-state index contributed by atoms with van der Waals surface area (Å²) in [6.07, 6.45) is 24.7. The Bertz CT molecular complexity index is 1700. The van der Waals surface area contributed by atoms with Gasteiger partial charge in [-0.05, 0) is 51.4 Å². The molecule has 19 heteroatoms. The third kappa shape index (κ3) is 27.5. The highest BCUT2D eigenvalue weighted by Gasteiger charge is 2.53. The van der Waals surface area contributed by atoms with Crippen molar-refractivity contribution in [1.82, 2.24) is 5.32 Å². The van der Waals surface area contributed by atoms with E-state index in [2.05, 4.69) is 60.8 Å². The van der Waals surface area contributed by atoms with Gasteiger partial charge in [0, 0.05) is 6.42 Å². The van der Waals surface area contributed by atoms with Crippen LogP contribution >= 0.6 is 0 Å². The molecule has 19 nitrogen and oxygen atoms in total. The Morgan fingerprint density at radius 2 is 0.863 bits per heavy atom. The number of ether oxygens (including phenoxy) is 6. The van der Waals surface area contributed by atoms with Crippen LogP contribution in [0.4, 0.5) is 0 Å². The molecule has 17 atom stereocenters. The summed E-state index contributed by atoms with van der Waals surface area (Å²) in [5, 5.41) is 119. The first kappa shape index (κ1) is 71.8. The molecular weight excluding hydrogens is 1030 g/mol. The average Bonchev–Trinajstić information content (AvgIpc) is 3.58. The first-order valence-corrected chi connectivity index (χ1v) is 30.5. The number of allylic oxidation sites excluding steroid dienone is 9. The minimum absolute atomic E-state index is 0.241. The zero-order chi connectivity index (χ0) is 58.3. The Morgan fingerprint density at radius 1 is 0.463 bits per heavy atom. The van der Waals surface area contributed by atoms with Crippen LogP contribution in [0.2, 0.25) is 0 Å². The van der Waals surface area contributed by atoms with Gasteiger partial charge in [-0.25, -0.2) is 0 Å². The number of hydrogen-bond donors (Lipinski definition) is 12. The van der Waals surface area contributed by atoms with Crippen LogP contribution in [0.15, 0.2) is 60.8 Å². The molecule has 0 aliphatic carbocycles. The van der Waals surface area contributed by atoms with Gasteiger partial charge in [0.05, 0.1) is 38.6 Å². The van der Waals surface area contributed by atoms with Crippen LogP contribution in [-0.4, -0.2) is 193 Å². The van der Waals surface area contributed by atoms with Crippen LogP contribution in [0.1, 0.15) is 187 Å². The second-order valence-electron chi connectivity index (χ2n) is 21.8. The lowest BCUT2D eigenvalue weighted by atomic mass is 9.96. The van der Waals surface area contributed by atoms with E-state index in [4.69, 9.17) is 28.4 Å². The standard InChI is InChI=1S/C61H107NO18/c1-3-5-7-9-10-11-12-13-14-15-16-17-18-19-20-21-22-23-24-25-26-27-28-29-30-31-32-33-34-35-37-39-49(67)62-44(45(66)38-36-8-6-4-2)43-75-59-55(73)52(70)57(47(41-64)77-59)80-61-56(74)53(71)58(48(42-65)78-61)79-60-54(72)51(69)50(68)46(40-63)76-60/h5,7,10-11,13-14,16-17,36,38,44-48,50-61,63-66,68-74H,3-4,6,8-9,12,15,18-35,37,39-43H2,1-2H3,(H,62,67)/b7-5-,11-10-,14-13-,17-16-,38-36+. The van der Waals surface area contributed by atoms with Crippen molar-refractivity contribution in [2.45, 2.75) is 291 Å². The summed E-state index contributed by atoms with van der Waals surface area (Å²) in [5.74, 6) is -0.286. The van der Waals surface area contributed by atoms with Crippen molar-refractivity contribution in [3.05, 3.63) is 60.8 Å². The van der Waals surface area contributed by atoms with Gasteiger partial charge in [0.25, 0.3) is 0 Å². The molecule has 12 N–H and O–H groups in total. The van der Waals surface area contributed by atoms with Gasteiger partial charge in [-0.2, -0.15) is 0 Å². The lowest BCUT2D eigenvalue weighted by Gasteiger charge is -2.48. The topological polar surface area (TPSA) is 307 Å². The van der Waals surface area contributed by atoms with Crippen LogP contribution in [0.3, 0.4) is 0 Å². The summed E-state index contributed by atoms with van der Waals surface area (Å²) < 4.78 is 34.0. The van der Waals surface area contributed by atoms with E-state index in [-0.39, 0.29) is 18.9 Å². The number of nitrogens with one attached hydrogen (secondary N) is 1. The lowest BCUT2D eigenvalue weighted by Crippen LogP contribution is -2.66. The minimum atomic E-state index is -1.98. The molecule has 3 heterocycles. The molecule has 0 aromatic heterocycles. The fourth-order valence-corrected chi connectivity index (χ4v) is 10.0. The zero-order valence-corrected chi connectivity index (χ0v) is 48.3. The number of unbranched alkanes of at least 4 members (excludes halogenated alkanes) is 20. The summed E-state index contributed by atoms with van der Waals surface area (Å²) in [6.45, 7) is 1.42. The molecule has 3 aliphatic rings. The van der Waals surface area contributed by atoms with Gasteiger partial charge in [-0.3, -0.25) is 4.79 Å². The van der Waals surface area contributed by atoms with Gasteiger partial charge in [-0.1, -0.05) is 190 Å². The van der Waals surface area contributed by atoms with E-state index in [1.165, 1.54) is 96.3 Å². The van der Waals surface area contributed by atoms with Crippen LogP contribution in [0.25, 0.3) is 0 Å². The van der Waals surface area contributed by atoms with Gasteiger partial charge in [-0.15, -0.1) is 0 Å². The maximum absolute atomic E-state index is 13.2. The van der Waals surface area contributed by atoms with Crippen molar-refractivity contribution in [3.63, 3.8) is 0 Å². The highest BCUT2D eigenvalue weighted by molar-refractivity contribution is 5.76. The van der Waals surface area contributed by atoms with E-state index >= 15 is 0 Å². The third-order valence-corrected chi connectivity index (χ3v) is 15.1. The van der Waals surface area contributed by atoms with Crippen molar-refractivity contribution in [3.8, 4) is 0 Å². The monoisotopic (exact) mass is 1140 g/mol. The summed E-state index contributed by atoms with van der Waals surface area (Å²) in [4.78, 5) is 13.2. The van der Waals surface area contributed by atoms with Crippen LogP contribution in [0, 0.1) is 0 Å². The van der Waals surface area contributed by atoms with E-state index < -0.39 is 124 Å². The maximum Gasteiger partial charge on any atom is 0.220 e. The number of hydrogen-bond acceptors (Lipinski definition) is 18. The molecule has 3 fully saturated rings. The Balaban J connectivity index is 1.29. The van der Waals surface area contributed by atoms with Gasteiger partial charge < -0.3 is 89.9 Å². The second-order valence-corrected chi connectivity index (χ2v) is 21.8. The molecule has 464 valence electrons. The Labute approximate surface area is 477 Å². The molecule has 0 radical (unpaired) electrons. The molecule has 80 heavy (non-hydrogen) atoms.